The van der Waals surface area contributed by atoms with Gasteiger partial charge >= 0.3 is 0 Å². The van der Waals surface area contributed by atoms with Crippen molar-refractivity contribution < 1.29 is 0 Å². The molecule has 0 aliphatic heterocycles. The zero-order chi connectivity index (χ0) is 14.8. The number of benzene rings is 1. The average molecular weight is 316 g/mol. The summed E-state index contributed by atoms with van der Waals surface area (Å²) in [5, 5.41) is 7.07. The highest BCUT2D eigenvalue weighted by molar-refractivity contribution is 7.18. The molecule has 2 aromatic heterocycles. The van der Waals surface area contributed by atoms with E-state index < -0.39 is 0 Å². The maximum Gasteiger partial charge on any atom is 0.111 e. The van der Waals surface area contributed by atoms with Crippen molar-refractivity contribution in [2.24, 2.45) is 5.92 Å². The Bertz CT molecular complexity index is 667. The highest BCUT2D eigenvalue weighted by Crippen LogP contribution is 2.31. The summed E-state index contributed by atoms with van der Waals surface area (Å²) >= 11 is 3.61. The first-order valence-electron chi connectivity index (χ1n) is 7.30. The fourth-order valence-electron chi connectivity index (χ4n) is 2.49. The number of aromatic nitrogens is 1. The minimum absolute atomic E-state index is 0.261. The topological polar surface area (TPSA) is 24.9 Å². The molecule has 0 fully saturated rings. The van der Waals surface area contributed by atoms with Crippen molar-refractivity contribution in [1.29, 1.82) is 0 Å². The van der Waals surface area contributed by atoms with Gasteiger partial charge in [0, 0.05) is 10.9 Å². The highest BCUT2D eigenvalue weighted by atomic mass is 32.1. The van der Waals surface area contributed by atoms with Crippen LogP contribution in [0, 0.1) is 5.92 Å². The summed E-state index contributed by atoms with van der Waals surface area (Å²) in [4.78, 5) is 6.17. The Kier molecular flexibility index (Phi) is 4.38. The van der Waals surface area contributed by atoms with Crippen LogP contribution in [-0.2, 0) is 0 Å². The van der Waals surface area contributed by atoms with E-state index in [1.807, 2.05) is 17.4 Å². The number of hydrogen-bond donors (Lipinski definition) is 1. The summed E-state index contributed by atoms with van der Waals surface area (Å²) in [7, 11) is 0. The van der Waals surface area contributed by atoms with Crippen LogP contribution in [-0.4, -0.2) is 4.98 Å². The van der Waals surface area contributed by atoms with Gasteiger partial charge in [0.2, 0.25) is 0 Å². The minimum Gasteiger partial charge on any atom is -0.300 e. The van der Waals surface area contributed by atoms with Crippen molar-refractivity contribution in [3.63, 3.8) is 0 Å². The molecule has 3 aromatic rings. The van der Waals surface area contributed by atoms with E-state index in [1.165, 1.54) is 14.6 Å². The van der Waals surface area contributed by atoms with E-state index in [2.05, 4.69) is 61.8 Å². The SMILES string of the molecule is CC(NC(c1cccs1)C(C)C)c1nc2ccccc2s1. The van der Waals surface area contributed by atoms with Gasteiger partial charge < -0.3 is 5.32 Å². The van der Waals surface area contributed by atoms with Crippen LogP contribution in [0.5, 0.6) is 0 Å². The first-order chi connectivity index (χ1) is 10.1. The fraction of sp³-hybridized carbons (Fsp3) is 0.353. The molecule has 0 bridgehead atoms. The molecule has 0 saturated carbocycles. The van der Waals surface area contributed by atoms with Gasteiger partial charge in [-0.3, -0.25) is 0 Å². The van der Waals surface area contributed by atoms with Crippen LogP contribution in [0.15, 0.2) is 41.8 Å². The van der Waals surface area contributed by atoms with Crippen LogP contribution in [0.1, 0.15) is 42.7 Å². The zero-order valence-electron chi connectivity index (χ0n) is 12.5. The molecule has 2 unspecified atom stereocenters. The van der Waals surface area contributed by atoms with Crippen LogP contribution < -0.4 is 5.32 Å². The summed E-state index contributed by atoms with van der Waals surface area (Å²) in [5.74, 6) is 0.556. The lowest BCUT2D eigenvalue weighted by atomic mass is 10.0. The Morgan fingerprint density at radius 1 is 1.05 bits per heavy atom. The third kappa shape index (κ3) is 3.18. The molecule has 1 N–H and O–H groups in total. The van der Waals surface area contributed by atoms with Crippen LogP contribution in [0.25, 0.3) is 10.2 Å². The second-order valence-corrected chi connectivity index (χ2v) is 7.69. The lowest BCUT2D eigenvalue weighted by Gasteiger charge is -2.24. The van der Waals surface area contributed by atoms with Gasteiger partial charge in [-0.15, -0.1) is 22.7 Å². The highest BCUT2D eigenvalue weighted by Gasteiger charge is 2.21. The number of rotatable bonds is 5. The lowest BCUT2D eigenvalue weighted by molar-refractivity contribution is 0.379. The predicted molar refractivity (Wildman–Crippen MR) is 93.1 cm³/mol. The number of nitrogens with zero attached hydrogens (tertiary/aromatic N) is 1. The quantitative estimate of drug-likeness (QED) is 0.681. The third-order valence-electron chi connectivity index (χ3n) is 3.63. The number of para-hydroxylation sites is 1. The summed E-state index contributed by atoms with van der Waals surface area (Å²) in [5.41, 5.74) is 1.10. The van der Waals surface area contributed by atoms with Gasteiger partial charge in [0.15, 0.2) is 0 Å². The fourth-order valence-corrected chi connectivity index (χ4v) is 4.42. The number of fused-ring (bicyclic) bond motifs is 1. The van der Waals surface area contributed by atoms with Gasteiger partial charge in [-0.25, -0.2) is 4.98 Å². The molecule has 0 spiro atoms. The molecule has 0 saturated heterocycles. The molecule has 0 aliphatic carbocycles. The average Bonchev–Trinajstić information content (AvgIpc) is 3.12. The van der Waals surface area contributed by atoms with Gasteiger partial charge in [-0.2, -0.15) is 0 Å². The van der Waals surface area contributed by atoms with Gasteiger partial charge in [0.1, 0.15) is 5.01 Å². The van der Waals surface area contributed by atoms with Crippen molar-refractivity contribution in [3.8, 4) is 0 Å². The number of thiazole rings is 1. The van der Waals surface area contributed by atoms with Crippen LogP contribution in [0.4, 0.5) is 0 Å². The summed E-state index contributed by atoms with van der Waals surface area (Å²) < 4.78 is 1.26. The predicted octanol–water partition coefficient (Wildman–Crippen LogP) is 5.41. The largest absolute Gasteiger partial charge is 0.300 e. The molecule has 1 aromatic carbocycles. The molecule has 3 rings (SSSR count). The second-order valence-electron chi connectivity index (χ2n) is 5.65. The molecule has 21 heavy (non-hydrogen) atoms. The van der Waals surface area contributed by atoms with Gasteiger partial charge in [0.25, 0.3) is 0 Å². The van der Waals surface area contributed by atoms with E-state index in [9.17, 15) is 0 Å². The maximum absolute atomic E-state index is 4.77. The molecule has 0 amide bonds. The first kappa shape index (κ1) is 14.7. The molecule has 4 heteroatoms. The van der Waals surface area contributed by atoms with E-state index in [-0.39, 0.29) is 6.04 Å². The lowest BCUT2D eigenvalue weighted by Crippen LogP contribution is -2.27. The van der Waals surface area contributed by atoms with Crippen molar-refractivity contribution in [2.75, 3.05) is 0 Å². The zero-order valence-corrected chi connectivity index (χ0v) is 14.2. The number of hydrogen-bond acceptors (Lipinski definition) is 4. The van der Waals surface area contributed by atoms with Crippen LogP contribution in [0.2, 0.25) is 0 Å². The van der Waals surface area contributed by atoms with E-state index in [0.717, 1.165) is 5.52 Å². The summed E-state index contributed by atoms with van der Waals surface area (Å²) in [6.07, 6.45) is 0. The number of thiophene rings is 1. The molecule has 110 valence electrons. The van der Waals surface area contributed by atoms with E-state index in [0.29, 0.717) is 12.0 Å². The number of nitrogens with one attached hydrogen (secondary N) is 1. The van der Waals surface area contributed by atoms with Crippen LogP contribution in [0.3, 0.4) is 0 Å². The van der Waals surface area contributed by atoms with Gasteiger partial charge in [0.05, 0.1) is 16.3 Å². The van der Waals surface area contributed by atoms with Crippen molar-refractivity contribution in [2.45, 2.75) is 32.9 Å². The van der Waals surface area contributed by atoms with Crippen LogP contribution >= 0.6 is 22.7 Å². The monoisotopic (exact) mass is 316 g/mol. The third-order valence-corrected chi connectivity index (χ3v) is 5.80. The Labute approximate surface area is 133 Å². The molecular formula is C17H20N2S2. The maximum atomic E-state index is 4.77. The Morgan fingerprint density at radius 2 is 1.86 bits per heavy atom. The van der Waals surface area contributed by atoms with Crippen molar-refractivity contribution in [3.05, 3.63) is 51.7 Å². The molecule has 2 nitrogen and oxygen atoms in total. The first-order valence-corrected chi connectivity index (χ1v) is 8.99. The van der Waals surface area contributed by atoms with Crippen molar-refractivity contribution in [1.82, 2.24) is 10.3 Å². The molecule has 2 atom stereocenters. The summed E-state index contributed by atoms with van der Waals surface area (Å²) in [6.45, 7) is 6.74. The van der Waals surface area contributed by atoms with Gasteiger partial charge in [-0.05, 0) is 36.4 Å². The molecule has 0 aliphatic rings. The standard InChI is InChI=1S/C17H20N2S2/c1-11(2)16(15-9-6-10-20-15)18-12(3)17-19-13-7-4-5-8-14(13)21-17/h4-12,16,18H,1-3H3. The second kappa shape index (κ2) is 6.26. The molecule has 0 radical (unpaired) electrons. The van der Waals surface area contributed by atoms with Crippen molar-refractivity contribution >= 4 is 32.9 Å². The Morgan fingerprint density at radius 3 is 2.52 bits per heavy atom. The molecular weight excluding hydrogens is 296 g/mol. The van der Waals surface area contributed by atoms with Gasteiger partial charge in [-0.1, -0.05) is 32.0 Å². The van der Waals surface area contributed by atoms with E-state index >= 15 is 0 Å². The normalized spacial score (nSPS) is 14.7. The Hall–Kier alpha value is -1.23. The summed E-state index contributed by atoms with van der Waals surface area (Å²) in [6, 6.07) is 13.3. The van der Waals surface area contributed by atoms with E-state index in [4.69, 9.17) is 4.98 Å². The Balaban J connectivity index is 1.82. The van der Waals surface area contributed by atoms with E-state index in [1.54, 1.807) is 11.3 Å². The minimum atomic E-state index is 0.261. The molecule has 2 heterocycles. The smallest absolute Gasteiger partial charge is 0.111 e.